The van der Waals surface area contributed by atoms with Crippen LogP contribution in [0.5, 0.6) is 11.5 Å². The first kappa shape index (κ1) is 15.3. The molecule has 0 spiro atoms. The molecule has 0 amide bonds. The molecule has 0 heterocycles. The minimum absolute atomic E-state index is 0.113. The fourth-order valence-corrected chi connectivity index (χ4v) is 2.23. The highest BCUT2D eigenvalue weighted by Crippen LogP contribution is 2.30. The van der Waals surface area contributed by atoms with Crippen molar-refractivity contribution in [3.8, 4) is 11.5 Å². The Labute approximate surface area is 124 Å². The van der Waals surface area contributed by atoms with Crippen LogP contribution in [0.4, 0.5) is 4.39 Å². The summed E-state index contributed by atoms with van der Waals surface area (Å²) in [6, 6.07) is 12.4. The van der Waals surface area contributed by atoms with E-state index in [-0.39, 0.29) is 11.9 Å². The Hall–Kier alpha value is -2.07. The minimum Gasteiger partial charge on any atom is -0.493 e. The summed E-state index contributed by atoms with van der Waals surface area (Å²) in [5.41, 5.74) is 2.06. The van der Waals surface area contributed by atoms with Crippen LogP contribution in [0.3, 0.4) is 0 Å². The third kappa shape index (κ3) is 3.73. The number of rotatable bonds is 6. The van der Waals surface area contributed by atoms with Gasteiger partial charge in [-0.1, -0.05) is 24.3 Å². The number of hydrogen-bond donors (Lipinski definition) is 1. The van der Waals surface area contributed by atoms with Gasteiger partial charge in [0, 0.05) is 18.2 Å². The van der Waals surface area contributed by atoms with Gasteiger partial charge in [-0.25, -0.2) is 4.39 Å². The normalized spacial score (nSPS) is 12.0. The van der Waals surface area contributed by atoms with Gasteiger partial charge in [0.25, 0.3) is 0 Å². The second-order valence-electron chi connectivity index (χ2n) is 4.81. The lowest BCUT2D eigenvalue weighted by atomic mass is 10.1. The van der Waals surface area contributed by atoms with E-state index >= 15 is 0 Å². The van der Waals surface area contributed by atoms with E-state index in [1.807, 2.05) is 25.1 Å². The zero-order chi connectivity index (χ0) is 15.2. The lowest BCUT2D eigenvalue weighted by Gasteiger charge is -2.17. The third-order valence-corrected chi connectivity index (χ3v) is 3.45. The van der Waals surface area contributed by atoms with Crippen molar-refractivity contribution in [2.45, 2.75) is 19.5 Å². The van der Waals surface area contributed by atoms with Gasteiger partial charge in [0.05, 0.1) is 14.2 Å². The summed E-state index contributed by atoms with van der Waals surface area (Å²) in [6.07, 6.45) is 0. The molecule has 0 fully saturated rings. The van der Waals surface area contributed by atoms with E-state index in [1.54, 1.807) is 26.4 Å². The van der Waals surface area contributed by atoms with Crippen LogP contribution in [0, 0.1) is 5.82 Å². The molecule has 0 aromatic heterocycles. The Kier molecular flexibility index (Phi) is 5.17. The van der Waals surface area contributed by atoms with Crippen molar-refractivity contribution in [3.05, 3.63) is 59.4 Å². The van der Waals surface area contributed by atoms with Crippen LogP contribution in [0.1, 0.15) is 24.1 Å². The number of methoxy groups -OCH3 is 2. The smallest absolute Gasteiger partial charge is 0.165 e. The maximum Gasteiger partial charge on any atom is 0.165 e. The maximum atomic E-state index is 12.9. The standard InChI is InChI=1S/C17H20FNO2/c1-12(13-7-9-15(18)10-8-13)19-11-14-5-4-6-16(20-2)17(14)21-3/h4-10,12,19H,11H2,1-3H3/t12-/m0/s1. The second kappa shape index (κ2) is 7.09. The van der Waals surface area contributed by atoms with E-state index in [9.17, 15) is 4.39 Å². The van der Waals surface area contributed by atoms with Gasteiger partial charge in [0.15, 0.2) is 11.5 Å². The number of ether oxygens (including phenoxy) is 2. The molecule has 3 nitrogen and oxygen atoms in total. The molecule has 0 saturated carbocycles. The van der Waals surface area contributed by atoms with E-state index in [0.29, 0.717) is 12.3 Å². The Morgan fingerprint density at radius 1 is 1.05 bits per heavy atom. The first-order valence-electron chi connectivity index (χ1n) is 6.84. The van der Waals surface area contributed by atoms with Gasteiger partial charge in [-0.3, -0.25) is 0 Å². The van der Waals surface area contributed by atoms with E-state index in [1.165, 1.54) is 12.1 Å². The number of benzene rings is 2. The lowest BCUT2D eigenvalue weighted by Crippen LogP contribution is -2.18. The van der Waals surface area contributed by atoms with Crippen LogP contribution >= 0.6 is 0 Å². The second-order valence-corrected chi connectivity index (χ2v) is 4.81. The molecule has 0 radical (unpaired) electrons. The Morgan fingerprint density at radius 3 is 2.38 bits per heavy atom. The monoisotopic (exact) mass is 289 g/mol. The van der Waals surface area contributed by atoms with Crippen LogP contribution in [0.15, 0.2) is 42.5 Å². The topological polar surface area (TPSA) is 30.5 Å². The molecule has 0 aliphatic heterocycles. The van der Waals surface area contributed by atoms with Gasteiger partial charge in [0.2, 0.25) is 0 Å². The van der Waals surface area contributed by atoms with E-state index in [4.69, 9.17) is 9.47 Å². The molecule has 0 saturated heterocycles. The van der Waals surface area contributed by atoms with Crippen molar-refractivity contribution in [2.24, 2.45) is 0 Å². The summed E-state index contributed by atoms with van der Waals surface area (Å²) in [5, 5.41) is 3.40. The lowest BCUT2D eigenvalue weighted by molar-refractivity contribution is 0.350. The quantitative estimate of drug-likeness (QED) is 0.879. The summed E-state index contributed by atoms with van der Waals surface area (Å²) in [6.45, 7) is 2.68. The van der Waals surface area contributed by atoms with Gasteiger partial charge in [-0.05, 0) is 30.7 Å². The van der Waals surface area contributed by atoms with Crippen molar-refractivity contribution in [3.63, 3.8) is 0 Å². The average Bonchev–Trinajstić information content (AvgIpc) is 2.52. The van der Waals surface area contributed by atoms with E-state index in [0.717, 1.165) is 16.9 Å². The van der Waals surface area contributed by atoms with Crippen LogP contribution in [-0.2, 0) is 6.54 Å². The molecule has 21 heavy (non-hydrogen) atoms. The molecule has 1 atom stereocenters. The maximum absolute atomic E-state index is 12.9. The van der Waals surface area contributed by atoms with Gasteiger partial charge < -0.3 is 14.8 Å². The minimum atomic E-state index is -0.222. The average molecular weight is 289 g/mol. The third-order valence-electron chi connectivity index (χ3n) is 3.45. The molecule has 2 aromatic carbocycles. The fraction of sp³-hybridized carbons (Fsp3) is 0.294. The summed E-state index contributed by atoms with van der Waals surface area (Å²) in [4.78, 5) is 0. The molecular weight excluding hydrogens is 269 g/mol. The van der Waals surface area contributed by atoms with E-state index < -0.39 is 0 Å². The van der Waals surface area contributed by atoms with E-state index in [2.05, 4.69) is 5.32 Å². The zero-order valence-electron chi connectivity index (χ0n) is 12.5. The Bertz CT molecular complexity index is 584. The van der Waals surface area contributed by atoms with Gasteiger partial charge in [-0.2, -0.15) is 0 Å². The molecule has 112 valence electrons. The molecule has 0 unspecified atom stereocenters. The van der Waals surface area contributed by atoms with Crippen molar-refractivity contribution in [1.29, 1.82) is 0 Å². The SMILES string of the molecule is COc1cccc(CN[C@@H](C)c2ccc(F)cc2)c1OC. The molecule has 2 aromatic rings. The van der Waals surface area contributed by atoms with Crippen molar-refractivity contribution in [2.75, 3.05) is 14.2 Å². The first-order chi connectivity index (χ1) is 10.2. The number of nitrogens with one attached hydrogen (secondary N) is 1. The number of para-hydroxylation sites is 1. The van der Waals surface area contributed by atoms with Gasteiger partial charge >= 0.3 is 0 Å². The van der Waals surface area contributed by atoms with Crippen LogP contribution in [0.25, 0.3) is 0 Å². The molecular formula is C17H20FNO2. The predicted octanol–water partition coefficient (Wildman–Crippen LogP) is 3.69. The summed E-state index contributed by atoms with van der Waals surface area (Å²) in [5.74, 6) is 1.23. The Morgan fingerprint density at radius 2 is 1.76 bits per heavy atom. The fourth-order valence-electron chi connectivity index (χ4n) is 2.23. The van der Waals surface area contributed by atoms with Gasteiger partial charge in [0.1, 0.15) is 5.82 Å². The molecule has 1 N–H and O–H groups in total. The highest BCUT2D eigenvalue weighted by atomic mass is 19.1. The summed E-state index contributed by atoms with van der Waals surface area (Å²) < 4.78 is 23.6. The number of hydrogen-bond acceptors (Lipinski definition) is 3. The van der Waals surface area contributed by atoms with Crippen molar-refractivity contribution < 1.29 is 13.9 Å². The largest absolute Gasteiger partial charge is 0.493 e. The Balaban J connectivity index is 2.07. The molecule has 0 aliphatic carbocycles. The van der Waals surface area contributed by atoms with Crippen molar-refractivity contribution in [1.82, 2.24) is 5.32 Å². The van der Waals surface area contributed by atoms with Gasteiger partial charge in [-0.15, -0.1) is 0 Å². The molecule has 0 bridgehead atoms. The highest BCUT2D eigenvalue weighted by molar-refractivity contribution is 5.46. The molecule has 0 aliphatic rings. The molecule has 2 rings (SSSR count). The first-order valence-corrected chi connectivity index (χ1v) is 6.84. The van der Waals surface area contributed by atoms with Crippen LogP contribution in [-0.4, -0.2) is 14.2 Å². The summed E-state index contributed by atoms with van der Waals surface area (Å²) in [7, 11) is 3.25. The van der Waals surface area contributed by atoms with Crippen LogP contribution < -0.4 is 14.8 Å². The van der Waals surface area contributed by atoms with Crippen LogP contribution in [0.2, 0.25) is 0 Å². The molecule has 4 heteroatoms. The number of halogens is 1. The predicted molar refractivity (Wildman–Crippen MR) is 81.2 cm³/mol. The zero-order valence-corrected chi connectivity index (χ0v) is 12.5. The highest BCUT2D eigenvalue weighted by Gasteiger charge is 2.11. The van der Waals surface area contributed by atoms with Crippen molar-refractivity contribution >= 4 is 0 Å². The summed E-state index contributed by atoms with van der Waals surface area (Å²) >= 11 is 0.